The van der Waals surface area contributed by atoms with Gasteiger partial charge in [0, 0.05) is 50.7 Å². The summed E-state index contributed by atoms with van der Waals surface area (Å²) in [6.45, 7) is 5.73. The summed E-state index contributed by atoms with van der Waals surface area (Å²) < 4.78 is 4.51. The predicted molar refractivity (Wildman–Crippen MR) is 116 cm³/mol. The van der Waals surface area contributed by atoms with E-state index in [1.165, 1.54) is 5.56 Å². The van der Waals surface area contributed by atoms with Crippen LogP contribution in [0.5, 0.6) is 0 Å². The van der Waals surface area contributed by atoms with Gasteiger partial charge in [-0.1, -0.05) is 28.1 Å². The van der Waals surface area contributed by atoms with Crippen molar-refractivity contribution in [3.63, 3.8) is 0 Å². The summed E-state index contributed by atoms with van der Waals surface area (Å²) in [4.78, 5) is 19.2. The molecule has 0 unspecified atom stereocenters. The molecule has 1 aliphatic heterocycles. The lowest BCUT2D eigenvalue weighted by Gasteiger charge is -2.22. The Kier molecular flexibility index (Phi) is 7.30. The fourth-order valence-electron chi connectivity index (χ4n) is 3.41. The van der Waals surface area contributed by atoms with Crippen molar-refractivity contribution in [3.8, 4) is 0 Å². The second-order valence-corrected chi connectivity index (χ2v) is 8.02. The number of fused-ring (bicyclic) bond motifs is 1. The normalized spacial score (nSPS) is 14.0. The van der Waals surface area contributed by atoms with Crippen LogP contribution in [-0.2, 0) is 26.1 Å². The summed E-state index contributed by atoms with van der Waals surface area (Å²) in [6, 6.07) is 8.32. The number of rotatable bonds is 7. The van der Waals surface area contributed by atoms with Crippen LogP contribution in [0.2, 0.25) is 0 Å². The highest BCUT2D eigenvalue weighted by Gasteiger charge is 2.16. The third-order valence-electron chi connectivity index (χ3n) is 4.85. The van der Waals surface area contributed by atoms with E-state index in [-0.39, 0.29) is 5.69 Å². The quantitative estimate of drug-likeness (QED) is 0.401. The van der Waals surface area contributed by atoms with Gasteiger partial charge in [0.05, 0.1) is 0 Å². The fourth-order valence-corrected chi connectivity index (χ4v) is 3.67. The van der Waals surface area contributed by atoms with E-state index in [0.717, 1.165) is 61.6 Å². The summed E-state index contributed by atoms with van der Waals surface area (Å²) in [6.07, 6.45) is 3.89. The third kappa shape index (κ3) is 5.25. The summed E-state index contributed by atoms with van der Waals surface area (Å²) in [5, 5.41) is 7.83. The second kappa shape index (κ2) is 9.91. The monoisotopic (exact) mass is 448 g/mol. The molecule has 0 spiro atoms. The summed E-state index contributed by atoms with van der Waals surface area (Å²) in [5.74, 6) is 1.81. The molecule has 3 rings (SSSR count). The Balaban J connectivity index is 1.56. The van der Waals surface area contributed by atoms with Gasteiger partial charge >= 0.3 is 5.69 Å². The minimum absolute atomic E-state index is 0.0259. The van der Waals surface area contributed by atoms with E-state index in [4.69, 9.17) is 4.99 Å². The Bertz CT molecular complexity index is 855. The number of aliphatic imine (C=N–C) groups is 1. The Morgan fingerprint density at radius 1 is 1.32 bits per heavy atom. The van der Waals surface area contributed by atoms with Gasteiger partial charge in [0.15, 0.2) is 5.96 Å². The molecule has 1 aromatic heterocycles. The van der Waals surface area contributed by atoms with Gasteiger partial charge in [-0.15, -0.1) is 0 Å². The molecule has 2 heterocycles. The van der Waals surface area contributed by atoms with Crippen LogP contribution < -0.4 is 11.0 Å². The molecule has 0 saturated carbocycles. The number of guanidine groups is 1. The highest BCUT2D eigenvalue weighted by Crippen LogP contribution is 2.12. The maximum atomic E-state index is 12.4. The maximum Gasteiger partial charge on any atom is 0.345 e. The molecule has 1 N–H and O–H groups in total. The van der Waals surface area contributed by atoms with Crippen LogP contribution in [0.4, 0.5) is 0 Å². The first-order valence-corrected chi connectivity index (χ1v) is 10.8. The number of benzene rings is 1. The van der Waals surface area contributed by atoms with Crippen molar-refractivity contribution in [2.24, 2.45) is 4.99 Å². The molecular weight excluding hydrogens is 420 g/mol. The Morgan fingerprint density at radius 3 is 2.82 bits per heavy atom. The SMILES string of the molecule is CCNC(=NCCCn1nc2n(c1=O)CCCC2)N(C)Cc1ccc(Br)cc1. The van der Waals surface area contributed by atoms with Gasteiger partial charge < -0.3 is 10.2 Å². The zero-order chi connectivity index (χ0) is 19.9. The van der Waals surface area contributed by atoms with Gasteiger partial charge in [0.1, 0.15) is 5.82 Å². The zero-order valence-electron chi connectivity index (χ0n) is 16.7. The third-order valence-corrected chi connectivity index (χ3v) is 5.38. The van der Waals surface area contributed by atoms with Gasteiger partial charge in [-0.05, 0) is 43.9 Å². The van der Waals surface area contributed by atoms with Gasteiger partial charge in [0.2, 0.25) is 0 Å². The van der Waals surface area contributed by atoms with Crippen molar-refractivity contribution in [2.75, 3.05) is 20.1 Å². The largest absolute Gasteiger partial charge is 0.357 e. The molecule has 28 heavy (non-hydrogen) atoms. The first-order valence-electron chi connectivity index (χ1n) is 9.99. The van der Waals surface area contributed by atoms with E-state index < -0.39 is 0 Å². The molecule has 1 aliphatic rings. The van der Waals surface area contributed by atoms with E-state index >= 15 is 0 Å². The van der Waals surface area contributed by atoms with E-state index in [1.54, 1.807) is 4.68 Å². The molecule has 1 aromatic carbocycles. The summed E-state index contributed by atoms with van der Waals surface area (Å²) in [5.41, 5.74) is 1.25. The standard InChI is InChI=1S/C20H29BrN6O/c1-3-22-19(25(2)15-16-8-10-17(21)11-9-16)23-12-6-14-27-20(28)26-13-5-4-7-18(26)24-27/h8-11H,3-7,12-15H2,1-2H3,(H,22,23). The summed E-state index contributed by atoms with van der Waals surface area (Å²) in [7, 11) is 2.04. The molecule has 0 aliphatic carbocycles. The van der Waals surface area contributed by atoms with E-state index in [1.807, 2.05) is 11.6 Å². The van der Waals surface area contributed by atoms with Crippen molar-refractivity contribution >= 4 is 21.9 Å². The minimum atomic E-state index is 0.0259. The van der Waals surface area contributed by atoms with Gasteiger partial charge in [0.25, 0.3) is 0 Å². The lowest BCUT2D eigenvalue weighted by molar-refractivity contribution is 0.474. The van der Waals surface area contributed by atoms with Crippen molar-refractivity contribution in [1.29, 1.82) is 0 Å². The molecule has 152 valence electrons. The van der Waals surface area contributed by atoms with Crippen molar-refractivity contribution in [2.45, 2.75) is 52.2 Å². The van der Waals surface area contributed by atoms with E-state index in [2.05, 4.69) is 62.4 Å². The average Bonchev–Trinajstić information content (AvgIpc) is 3.02. The fraction of sp³-hybridized carbons (Fsp3) is 0.550. The van der Waals surface area contributed by atoms with Crippen LogP contribution in [0.1, 0.15) is 37.6 Å². The van der Waals surface area contributed by atoms with Gasteiger partial charge in [-0.2, -0.15) is 5.10 Å². The Labute approximate surface area is 174 Å². The second-order valence-electron chi connectivity index (χ2n) is 7.10. The molecular formula is C20H29BrN6O. The molecule has 0 fully saturated rings. The van der Waals surface area contributed by atoms with Crippen molar-refractivity contribution in [1.82, 2.24) is 24.6 Å². The summed E-state index contributed by atoms with van der Waals surface area (Å²) >= 11 is 3.47. The number of nitrogens with zero attached hydrogens (tertiary/aromatic N) is 5. The topological polar surface area (TPSA) is 67.5 Å². The lowest BCUT2D eigenvalue weighted by Crippen LogP contribution is -2.38. The van der Waals surface area contributed by atoms with Crippen LogP contribution in [0.25, 0.3) is 0 Å². The average molecular weight is 449 g/mol. The van der Waals surface area contributed by atoms with Crippen LogP contribution in [0, 0.1) is 0 Å². The molecule has 8 heteroatoms. The predicted octanol–water partition coefficient (Wildman–Crippen LogP) is 2.63. The molecule has 0 atom stereocenters. The highest BCUT2D eigenvalue weighted by atomic mass is 79.9. The Hall–Kier alpha value is -2.09. The maximum absolute atomic E-state index is 12.4. The first kappa shape index (κ1) is 20.6. The van der Waals surface area contributed by atoms with Crippen molar-refractivity contribution < 1.29 is 0 Å². The first-order chi connectivity index (χ1) is 13.6. The number of halogens is 1. The van der Waals surface area contributed by atoms with Crippen LogP contribution in [0.3, 0.4) is 0 Å². The van der Waals surface area contributed by atoms with Gasteiger partial charge in [-0.25, -0.2) is 9.48 Å². The van der Waals surface area contributed by atoms with Crippen LogP contribution in [-0.4, -0.2) is 45.3 Å². The highest BCUT2D eigenvalue weighted by molar-refractivity contribution is 9.10. The minimum Gasteiger partial charge on any atom is -0.357 e. The van der Waals surface area contributed by atoms with Crippen LogP contribution >= 0.6 is 15.9 Å². The number of aryl methyl sites for hydroxylation is 2. The molecule has 0 bridgehead atoms. The Morgan fingerprint density at radius 2 is 2.11 bits per heavy atom. The molecule has 0 amide bonds. The lowest BCUT2D eigenvalue weighted by atomic mass is 10.2. The van der Waals surface area contributed by atoms with Gasteiger partial charge in [-0.3, -0.25) is 9.56 Å². The molecule has 0 saturated heterocycles. The zero-order valence-corrected chi connectivity index (χ0v) is 18.3. The van der Waals surface area contributed by atoms with E-state index in [9.17, 15) is 4.79 Å². The molecule has 2 aromatic rings. The molecule has 0 radical (unpaired) electrons. The van der Waals surface area contributed by atoms with Crippen LogP contribution in [0.15, 0.2) is 38.5 Å². The van der Waals surface area contributed by atoms with E-state index in [0.29, 0.717) is 13.1 Å². The smallest absolute Gasteiger partial charge is 0.345 e. The number of hydrogen-bond donors (Lipinski definition) is 1. The number of hydrogen-bond acceptors (Lipinski definition) is 3. The molecule has 7 nitrogen and oxygen atoms in total. The number of nitrogens with one attached hydrogen (secondary N) is 1. The van der Waals surface area contributed by atoms with Crippen molar-refractivity contribution in [3.05, 3.63) is 50.6 Å². The number of aromatic nitrogens is 3.